The average Bonchev–Trinajstić information content (AvgIpc) is 3.71. The second-order valence-corrected chi connectivity index (χ2v) is 10.5. The molecule has 9 nitrogen and oxygen atoms in total. The third-order valence-corrected chi connectivity index (χ3v) is 7.88. The second kappa shape index (κ2) is 12.4. The highest BCUT2D eigenvalue weighted by Crippen LogP contribution is 2.37. The quantitative estimate of drug-likeness (QED) is 0.271. The van der Waals surface area contributed by atoms with E-state index >= 15 is 0 Å². The molecule has 2 atom stereocenters. The number of imidazole rings is 1. The maximum atomic E-state index is 14.7. The van der Waals surface area contributed by atoms with Gasteiger partial charge in [-0.2, -0.15) is 4.39 Å². The van der Waals surface area contributed by atoms with Crippen LogP contribution in [-0.4, -0.2) is 67.1 Å². The number of hydrogen-bond acceptors (Lipinski definition) is 8. The first-order chi connectivity index (χ1) is 20.6. The van der Waals surface area contributed by atoms with Gasteiger partial charge in [-0.3, -0.25) is 0 Å². The zero-order valence-electron chi connectivity index (χ0n) is 24.0. The fraction of sp³-hybridized carbons (Fsp3) is 0.375. The molecule has 220 valence electrons. The van der Waals surface area contributed by atoms with Crippen molar-refractivity contribution in [1.29, 1.82) is 0 Å². The van der Waals surface area contributed by atoms with Crippen LogP contribution < -0.4 is 19.3 Å². The van der Waals surface area contributed by atoms with Crippen LogP contribution in [0, 0.1) is 5.82 Å². The van der Waals surface area contributed by atoms with Gasteiger partial charge >= 0.3 is 0 Å². The Hall–Kier alpha value is -4.15. The minimum atomic E-state index is -0.906. The average molecular weight is 574 g/mol. The number of ether oxygens (including phenoxy) is 4. The molecule has 2 aromatic carbocycles. The van der Waals surface area contributed by atoms with Crippen molar-refractivity contribution >= 4 is 11.5 Å². The summed E-state index contributed by atoms with van der Waals surface area (Å²) in [6.45, 7) is 6.27. The van der Waals surface area contributed by atoms with Crippen molar-refractivity contribution in [3.05, 3.63) is 96.5 Å². The van der Waals surface area contributed by atoms with Crippen molar-refractivity contribution in [3.8, 4) is 11.5 Å². The minimum absolute atomic E-state index is 0.210. The van der Waals surface area contributed by atoms with Crippen molar-refractivity contribution in [1.82, 2.24) is 14.5 Å². The molecule has 2 aromatic heterocycles. The molecule has 4 aromatic rings. The Kier molecular flexibility index (Phi) is 8.25. The van der Waals surface area contributed by atoms with Crippen molar-refractivity contribution in [3.63, 3.8) is 0 Å². The van der Waals surface area contributed by atoms with E-state index in [0.717, 1.165) is 36.5 Å². The Morgan fingerprint density at radius 3 is 2.43 bits per heavy atom. The maximum absolute atomic E-state index is 14.7. The van der Waals surface area contributed by atoms with Gasteiger partial charge in [-0.05, 0) is 36.2 Å². The van der Waals surface area contributed by atoms with Crippen molar-refractivity contribution < 1.29 is 23.3 Å². The topological polar surface area (TPSA) is 74.1 Å². The van der Waals surface area contributed by atoms with Gasteiger partial charge in [0.15, 0.2) is 11.6 Å². The van der Waals surface area contributed by atoms with Crippen LogP contribution in [0.3, 0.4) is 0 Å². The Labute approximate surface area is 245 Å². The second-order valence-electron chi connectivity index (χ2n) is 10.5. The first-order valence-electron chi connectivity index (χ1n) is 14.3. The minimum Gasteiger partial charge on any atom is -0.493 e. The molecule has 0 bridgehead atoms. The number of halogens is 1. The van der Waals surface area contributed by atoms with Gasteiger partial charge in [0.1, 0.15) is 18.5 Å². The lowest BCUT2D eigenvalue weighted by Crippen LogP contribution is -2.47. The van der Waals surface area contributed by atoms with Gasteiger partial charge in [-0.15, -0.1) is 0 Å². The van der Waals surface area contributed by atoms with Gasteiger partial charge < -0.3 is 33.3 Å². The lowest BCUT2D eigenvalue weighted by molar-refractivity contribution is -0.189. The van der Waals surface area contributed by atoms with Gasteiger partial charge in [0, 0.05) is 62.1 Å². The highest BCUT2D eigenvalue weighted by atomic mass is 19.1. The maximum Gasteiger partial charge on any atom is 0.214 e. The van der Waals surface area contributed by atoms with Crippen molar-refractivity contribution in [2.45, 2.75) is 31.8 Å². The number of aryl methyl sites for hydroxylation is 1. The molecule has 0 radical (unpaired) electrons. The van der Waals surface area contributed by atoms with E-state index < -0.39 is 11.6 Å². The molecule has 42 heavy (non-hydrogen) atoms. The van der Waals surface area contributed by atoms with Crippen LogP contribution in [0.5, 0.6) is 11.5 Å². The number of piperazine rings is 1. The largest absolute Gasteiger partial charge is 0.493 e. The van der Waals surface area contributed by atoms with Gasteiger partial charge in [0.2, 0.25) is 11.6 Å². The predicted molar refractivity (Wildman–Crippen MR) is 158 cm³/mol. The molecule has 2 saturated heterocycles. The SMILES string of the molecule is CCc1ccc(C2(Cn3ccnc3)OCC(COc3ccc(N4CCN(c5nccc(OC)c5F)CC4)cc3)O2)cc1. The lowest BCUT2D eigenvalue weighted by Gasteiger charge is -2.36. The summed E-state index contributed by atoms with van der Waals surface area (Å²) in [6, 6.07) is 18.0. The monoisotopic (exact) mass is 573 g/mol. The van der Waals surface area contributed by atoms with E-state index in [1.165, 1.54) is 18.7 Å². The van der Waals surface area contributed by atoms with Crippen molar-refractivity contribution in [2.24, 2.45) is 0 Å². The standard InChI is InChI=1S/C32H36FN5O4/c1-3-24-4-6-25(7-5-24)32(22-36-15-14-34-23-36)41-21-28(42-32)20-40-27-10-8-26(9-11-27)37-16-18-38(19-17-37)31-30(33)29(39-2)12-13-35-31/h4-15,23,28H,3,16-22H2,1-2H3. The molecule has 2 aliphatic rings. The highest BCUT2D eigenvalue weighted by molar-refractivity contribution is 5.52. The van der Waals surface area contributed by atoms with E-state index in [4.69, 9.17) is 18.9 Å². The molecule has 4 heterocycles. The fourth-order valence-electron chi connectivity index (χ4n) is 5.50. The molecule has 2 aliphatic heterocycles. The van der Waals surface area contributed by atoms with Gasteiger partial charge in [-0.25, -0.2) is 9.97 Å². The number of benzene rings is 2. The molecule has 0 N–H and O–H groups in total. The lowest BCUT2D eigenvalue weighted by atomic mass is 10.0. The molecule has 10 heteroatoms. The molecule has 0 amide bonds. The van der Waals surface area contributed by atoms with Crippen LogP contribution in [0.4, 0.5) is 15.9 Å². The van der Waals surface area contributed by atoms with Gasteiger partial charge in [0.05, 0.1) is 26.6 Å². The third kappa shape index (κ3) is 5.91. The number of aromatic nitrogens is 3. The first-order valence-corrected chi connectivity index (χ1v) is 14.3. The molecular weight excluding hydrogens is 537 g/mol. The molecule has 0 spiro atoms. The van der Waals surface area contributed by atoms with Crippen LogP contribution in [-0.2, 0) is 28.2 Å². The van der Waals surface area contributed by atoms with E-state index in [1.54, 1.807) is 18.7 Å². The Morgan fingerprint density at radius 1 is 0.976 bits per heavy atom. The number of rotatable bonds is 10. The van der Waals surface area contributed by atoms with Gasteiger partial charge in [0.25, 0.3) is 0 Å². The summed E-state index contributed by atoms with van der Waals surface area (Å²) in [5, 5.41) is 0. The van der Waals surface area contributed by atoms with Crippen LogP contribution in [0.25, 0.3) is 0 Å². The smallest absolute Gasteiger partial charge is 0.214 e. The summed E-state index contributed by atoms with van der Waals surface area (Å²) in [6.07, 6.45) is 7.77. The molecule has 2 unspecified atom stereocenters. The number of methoxy groups -OCH3 is 1. The normalized spacial score (nSPS) is 20.6. The highest BCUT2D eigenvalue weighted by Gasteiger charge is 2.44. The summed E-state index contributed by atoms with van der Waals surface area (Å²) in [5.74, 6) is -0.0101. The predicted octanol–water partition coefficient (Wildman–Crippen LogP) is 4.66. The zero-order valence-corrected chi connectivity index (χ0v) is 24.0. The Morgan fingerprint density at radius 2 is 1.74 bits per heavy atom. The fourth-order valence-corrected chi connectivity index (χ4v) is 5.50. The summed E-state index contributed by atoms with van der Waals surface area (Å²) >= 11 is 0. The summed E-state index contributed by atoms with van der Waals surface area (Å²) in [7, 11) is 1.46. The Bertz CT molecular complexity index is 1440. The molecular formula is C32H36FN5O4. The summed E-state index contributed by atoms with van der Waals surface area (Å²) in [4.78, 5) is 12.7. The zero-order chi connectivity index (χ0) is 28.9. The van der Waals surface area contributed by atoms with Crippen molar-refractivity contribution in [2.75, 3.05) is 56.3 Å². The van der Waals surface area contributed by atoms with E-state index in [-0.39, 0.29) is 11.9 Å². The molecule has 0 saturated carbocycles. The number of hydrogen-bond donors (Lipinski definition) is 0. The van der Waals surface area contributed by atoms with Crippen LogP contribution >= 0.6 is 0 Å². The van der Waals surface area contributed by atoms with E-state index in [9.17, 15) is 4.39 Å². The molecule has 2 fully saturated rings. The summed E-state index contributed by atoms with van der Waals surface area (Å²) < 4.78 is 40.8. The van der Waals surface area contributed by atoms with Crippen LogP contribution in [0.1, 0.15) is 18.1 Å². The number of nitrogens with zero attached hydrogens (tertiary/aromatic N) is 5. The van der Waals surface area contributed by atoms with Crippen LogP contribution in [0.15, 0.2) is 79.5 Å². The van der Waals surface area contributed by atoms with E-state index in [0.29, 0.717) is 38.7 Å². The molecule has 0 aliphatic carbocycles. The number of anilines is 2. The summed E-state index contributed by atoms with van der Waals surface area (Å²) in [5.41, 5.74) is 3.34. The first kappa shape index (κ1) is 28.0. The Balaban J connectivity index is 1.04. The van der Waals surface area contributed by atoms with Gasteiger partial charge in [-0.1, -0.05) is 31.2 Å². The number of pyridine rings is 1. The third-order valence-electron chi connectivity index (χ3n) is 7.88. The van der Waals surface area contributed by atoms with E-state index in [2.05, 4.69) is 58.2 Å². The van der Waals surface area contributed by atoms with Crippen LogP contribution in [0.2, 0.25) is 0 Å². The molecule has 6 rings (SSSR count). The van der Waals surface area contributed by atoms with E-state index in [1.807, 2.05) is 27.8 Å².